The van der Waals surface area contributed by atoms with Gasteiger partial charge in [0.1, 0.15) is 5.75 Å². The van der Waals surface area contributed by atoms with Crippen LogP contribution < -0.4 is 10.1 Å². The Labute approximate surface area is 146 Å². The van der Waals surface area contributed by atoms with Crippen LogP contribution in [0.25, 0.3) is 10.8 Å². The van der Waals surface area contributed by atoms with Crippen molar-refractivity contribution < 1.29 is 9.53 Å². The highest BCUT2D eigenvalue weighted by molar-refractivity contribution is 7.99. The van der Waals surface area contributed by atoms with Gasteiger partial charge in [-0.2, -0.15) is 0 Å². The van der Waals surface area contributed by atoms with Gasteiger partial charge >= 0.3 is 0 Å². The molecule has 0 saturated carbocycles. The Balaban J connectivity index is 1.56. The molecule has 3 aromatic rings. The van der Waals surface area contributed by atoms with Crippen LogP contribution in [0.4, 0.5) is 5.69 Å². The van der Waals surface area contributed by atoms with Crippen molar-refractivity contribution in [2.24, 2.45) is 0 Å². The highest BCUT2D eigenvalue weighted by Gasteiger charge is 2.05. The van der Waals surface area contributed by atoms with Gasteiger partial charge in [-0.3, -0.25) is 4.79 Å². The largest absolute Gasteiger partial charge is 0.484 e. The number of rotatable bonds is 6. The summed E-state index contributed by atoms with van der Waals surface area (Å²) < 4.78 is 5.59. The first-order chi connectivity index (χ1) is 11.7. The van der Waals surface area contributed by atoms with Crippen LogP contribution in [0.15, 0.2) is 71.6 Å². The third-order valence-electron chi connectivity index (χ3n) is 3.54. The number of hydrogen-bond donors (Lipinski definition) is 1. The lowest BCUT2D eigenvalue weighted by Gasteiger charge is -2.09. The van der Waals surface area contributed by atoms with Gasteiger partial charge in [0.05, 0.1) is 0 Å². The molecule has 24 heavy (non-hydrogen) atoms. The molecular formula is C20H19NO2S. The third kappa shape index (κ3) is 4.30. The van der Waals surface area contributed by atoms with Crippen molar-refractivity contribution in [1.29, 1.82) is 0 Å². The number of amides is 1. The van der Waals surface area contributed by atoms with Crippen molar-refractivity contribution in [3.63, 3.8) is 0 Å². The Hall–Kier alpha value is -2.46. The molecule has 0 aliphatic carbocycles. The van der Waals surface area contributed by atoms with E-state index in [-0.39, 0.29) is 12.5 Å². The minimum atomic E-state index is -0.168. The van der Waals surface area contributed by atoms with E-state index >= 15 is 0 Å². The second kappa shape index (κ2) is 7.88. The van der Waals surface area contributed by atoms with Crippen LogP contribution in [0, 0.1) is 0 Å². The predicted octanol–water partition coefficient (Wildman–Crippen LogP) is 4.97. The van der Waals surface area contributed by atoms with Crippen LogP contribution in [-0.4, -0.2) is 18.3 Å². The number of fused-ring (bicyclic) bond motifs is 1. The molecule has 3 aromatic carbocycles. The summed E-state index contributed by atoms with van der Waals surface area (Å²) in [5.74, 6) is 1.56. The normalized spacial score (nSPS) is 10.5. The van der Waals surface area contributed by atoms with E-state index in [2.05, 4.69) is 12.2 Å². The molecule has 0 heterocycles. The van der Waals surface area contributed by atoms with E-state index in [4.69, 9.17) is 4.74 Å². The molecular weight excluding hydrogens is 318 g/mol. The summed E-state index contributed by atoms with van der Waals surface area (Å²) in [7, 11) is 0. The van der Waals surface area contributed by atoms with Crippen molar-refractivity contribution >= 4 is 34.1 Å². The number of carbonyl (C=O) groups is 1. The van der Waals surface area contributed by atoms with E-state index in [1.165, 1.54) is 4.90 Å². The van der Waals surface area contributed by atoms with Crippen LogP contribution in [0.3, 0.4) is 0 Å². The van der Waals surface area contributed by atoms with E-state index in [1.807, 2.05) is 66.7 Å². The molecule has 0 radical (unpaired) electrons. The molecule has 0 fully saturated rings. The molecule has 0 aliphatic rings. The van der Waals surface area contributed by atoms with E-state index in [9.17, 15) is 4.79 Å². The summed E-state index contributed by atoms with van der Waals surface area (Å²) in [5, 5.41) is 5.09. The molecule has 0 unspecified atom stereocenters. The smallest absolute Gasteiger partial charge is 0.262 e. The number of hydrogen-bond acceptors (Lipinski definition) is 3. The lowest BCUT2D eigenvalue weighted by molar-refractivity contribution is -0.118. The van der Waals surface area contributed by atoms with Crippen molar-refractivity contribution in [2.45, 2.75) is 11.8 Å². The van der Waals surface area contributed by atoms with Crippen LogP contribution in [-0.2, 0) is 4.79 Å². The van der Waals surface area contributed by atoms with Gasteiger partial charge in [-0.25, -0.2) is 0 Å². The monoisotopic (exact) mass is 337 g/mol. The van der Waals surface area contributed by atoms with E-state index in [0.29, 0.717) is 5.75 Å². The van der Waals surface area contributed by atoms with Gasteiger partial charge in [0.2, 0.25) is 0 Å². The average molecular weight is 337 g/mol. The minimum absolute atomic E-state index is 0.0101. The molecule has 1 amide bonds. The van der Waals surface area contributed by atoms with Crippen molar-refractivity contribution in [3.8, 4) is 5.75 Å². The molecule has 0 aromatic heterocycles. The first-order valence-corrected chi connectivity index (χ1v) is 8.87. The fraction of sp³-hybridized carbons (Fsp3) is 0.150. The maximum Gasteiger partial charge on any atom is 0.262 e. The summed E-state index contributed by atoms with van der Waals surface area (Å²) in [6.45, 7) is 2.11. The Bertz CT molecular complexity index is 830. The van der Waals surface area contributed by atoms with Crippen molar-refractivity contribution in [2.75, 3.05) is 17.7 Å². The van der Waals surface area contributed by atoms with Crippen molar-refractivity contribution in [1.82, 2.24) is 0 Å². The van der Waals surface area contributed by atoms with Gasteiger partial charge in [-0.1, -0.05) is 37.3 Å². The SMILES string of the molecule is CCSc1ccc(NC(=O)COc2ccc3ccccc3c2)cc1. The van der Waals surface area contributed by atoms with E-state index < -0.39 is 0 Å². The molecule has 4 heteroatoms. The highest BCUT2D eigenvalue weighted by atomic mass is 32.2. The first-order valence-electron chi connectivity index (χ1n) is 7.89. The summed E-state index contributed by atoms with van der Waals surface area (Å²) in [5.41, 5.74) is 0.780. The molecule has 0 atom stereocenters. The Morgan fingerprint density at radius 1 is 1.00 bits per heavy atom. The molecule has 122 valence electrons. The molecule has 1 N–H and O–H groups in total. The van der Waals surface area contributed by atoms with Crippen LogP contribution in [0.2, 0.25) is 0 Å². The molecule has 0 saturated heterocycles. The third-order valence-corrected chi connectivity index (χ3v) is 4.43. The predicted molar refractivity (Wildman–Crippen MR) is 101 cm³/mol. The molecule has 0 spiro atoms. The number of ether oxygens (including phenoxy) is 1. The first kappa shape index (κ1) is 16.4. The maximum atomic E-state index is 12.0. The fourth-order valence-corrected chi connectivity index (χ4v) is 3.07. The topological polar surface area (TPSA) is 38.3 Å². The summed E-state index contributed by atoms with van der Waals surface area (Å²) in [4.78, 5) is 13.2. The van der Waals surface area contributed by atoms with E-state index in [0.717, 1.165) is 22.2 Å². The number of benzene rings is 3. The lowest BCUT2D eigenvalue weighted by Crippen LogP contribution is -2.20. The summed E-state index contributed by atoms with van der Waals surface area (Å²) >= 11 is 1.77. The van der Waals surface area contributed by atoms with Crippen LogP contribution >= 0.6 is 11.8 Å². The molecule has 0 bridgehead atoms. The van der Waals surface area contributed by atoms with Gasteiger partial charge in [0.25, 0.3) is 5.91 Å². The average Bonchev–Trinajstić information content (AvgIpc) is 2.62. The summed E-state index contributed by atoms with van der Waals surface area (Å²) in [6.07, 6.45) is 0. The van der Waals surface area contributed by atoms with Crippen molar-refractivity contribution in [3.05, 3.63) is 66.7 Å². The highest BCUT2D eigenvalue weighted by Crippen LogP contribution is 2.21. The summed E-state index contributed by atoms with van der Waals surface area (Å²) in [6, 6.07) is 21.7. The standard InChI is InChI=1S/C20H19NO2S/c1-2-24-19-11-8-17(9-12-19)21-20(22)14-23-18-10-7-15-5-3-4-6-16(15)13-18/h3-13H,2,14H2,1H3,(H,21,22). The van der Waals surface area contributed by atoms with Crippen LogP contribution in [0.5, 0.6) is 5.75 Å². The Morgan fingerprint density at radius 3 is 2.50 bits per heavy atom. The molecule has 3 rings (SSSR count). The van der Waals surface area contributed by atoms with Gasteiger partial charge in [0.15, 0.2) is 6.61 Å². The maximum absolute atomic E-state index is 12.0. The zero-order valence-electron chi connectivity index (χ0n) is 13.5. The van der Waals surface area contributed by atoms with Gasteiger partial charge in [0, 0.05) is 10.6 Å². The quantitative estimate of drug-likeness (QED) is 0.645. The lowest BCUT2D eigenvalue weighted by atomic mass is 10.1. The van der Waals surface area contributed by atoms with Gasteiger partial charge in [-0.15, -0.1) is 11.8 Å². The minimum Gasteiger partial charge on any atom is -0.484 e. The fourth-order valence-electron chi connectivity index (χ4n) is 2.40. The Morgan fingerprint density at radius 2 is 1.75 bits per heavy atom. The zero-order chi connectivity index (χ0) is 16.8. The number of thioether (sulfide) groups is 1. The number of nitrogens with one attached hydrogen (secondary N) is 1. The molecule has 3 nitrogen and oxygen atoms in total. The second-order valence-electron chi connectivity index (χ2n) is 5.30. The van der Waals surface area contributed by atoms with Gasteiger partial charge < -0.3 is 10.1 Å². The Kier molecular flexibility index (Phi) is 5.39. The van der Waals surface area contributed by atoms with Crippen LogP contribution in [0.1, 0.15) is 6.92 Å². The number of anilines is 1. The number of carbonyl (C=O) groups excluding carboxylic acids is 1. The zero-order valence-corrected chi connectivity index (χ0v) is 14.3. The molecule has 0 aliphatic heterocycles. The second-order valence-corrected chi connectivity index (χ2v) is 6.64. The van der Waals surface area contributed by atoms with E-state index in [1.54, 1.807) is 11.8 Å². The van der Waals surface area contributed by atoms with Gasteiger partial charge in [-0.05, 0) is 52.9 Å².